The predicted molar refractivity (Wildman–Crippen MR) is 131 cm³/mol. The van der Waals surface area contributed by atoms with Crippen LogP contribution in [0.4, 0.5) is 22.2 Å². The summed E-state index contributed by atoms with van der Waals surface area (Å²) in [5.74, 6) is 1.68. The lowest BCUT2D eigenvalue weighted by molar-refractivity contribution is 0.0398. The van der Waals surface area contributed by atoms with Crippen LogP contribution >= 0.6 is 0 Å². The van der Waals surface area contributed by atoms with Crippen LogP contribution in [0.25, 0.3) is 11.1 Å². The molecule has 10 nitrogen and oxygen atoms in total. The zero-order valence-electron chi connectivity index (χ0n) is 19.8. The minimum absolute atomic E-state index is 0.180. The average Bonchev–Trinajstić information content (AvgIpc) is 3.30. The van der Waals surface area contributed by atoms with Crippen LogP contribution in [0.2, 0.25) is 0 Å². The van der Waals surface area contributed by atoms with Crippen molar-refractivity contribution in [2.24, 2.45) is 0 Å². The highest BCUT2D eigenvalue weighted by atomic mass is 16.5. The fourth-order valence-electron chi connectivity index (χ4n) is 3.43. The number of urea groups is 1. The van der Waals surface area contributed by atoms with Crippen molar-refractivity contribution >= 4 is 23.5 Å². The Morgan fingerprint density at radius 2 is 1.74 bits per heavy atom. The minimum atomic E-state index is -0.391. The summed E-state index contributed by atoms with van der Waals surface area (Å²) in [5.41, 5.74) is 2.33. The minimum Gasteiger partial charge on any atom is -0.379 e. The van der Waals surface area contributed by atoms with E-state index in [1.54, 1.807) is 18.5 Å². The number of morpholine rings is 1. The van der Waals surface area contributed by atoms with Crippen molar-refractivity contribution in [2.45, 2.75) is 26.2 Å². The van der Waals surface area contributed by atoms with E-state index in [1.807, 2.05) is 45.0 Å². The van der Waals surface area contributed by atoms with Crippen LogP contribution in [0.5, 0.6) is 0 Å². The first kappa shape index (κ1) is 23.7. The highest BCUT2D eigenvalue weighted by molar-refractivity contribution is 5.99. The third-order valence-corrected chi connectivity index (χ3v) is 5.43. The molecule has 0 atom stereocenters. The predicted octanol–water partition coefficient (Wildman–Crippen LogP) is 3.82. The topological polar surface area (TPSA) is 117 Å². The molecule has 1 aliphatic heterocycles. The molecular formula is C24H31N7O3. The zero-order chi connectivity index (χ0) is 24.0. The lowest BCUT2D eigenvalue weighted by atomic mass is 9.93. The van der Waals surface area contributed by atoms with Crippen molar-refractivity contribution < 1.29 is 14.1 Å². The van der Waals surface area contributed by atoms with Crippen molar-refractivity contribution in [1.29, 1.82) is 0 Å². The molecule has 34 heavy (non-hydrogen) atoms. The van der Waals surface area contributed by atoms with Crippen LogP contribution in [-0.2, 0) is 10.2 Å². The number of anilines is 3. The maximum Gasteiger partial charge on any atom is 0.324 e. The van der Waals surface area contributed by atoms with Gasteiger partial charge in [0.2, 0.25) is 5.95 Å². The number of rotatable bonds is 7. The second kappa shape index (κ2) is 10.6. The van der Waals surface area contributed by atoms with Gasteiger partial charge in [-0.2, -0.15) is 0 Å². The van der Waals surface area contributed by atoms with Gasteiger partial charge in [-0.15, -0.1) is 0 Å². The summed E-state index contributed by atoms with van der Waals surface area (Å²) >= 11 is 0. The van der Waals surface area contributed by atoms with Gasteiger partial charge < -0.3 is 19.9 Å². The Labute approximate surface area is 199 Å². The van der Waals surface area contributed by atoms with Gasteiger partial charge in [-0.3, -0.25) is 10.2 Å². The van der Waals surface area contributed by atoms with Gasteiger partial charge in [-0.05, 0) is 17.7 Å². The van der Waals surface area contributed by atoms with E-state index in [1.165, 1.54) is 0 Å². The average molecular weight is 466 g/mol. The number of amides is 2. The van der Waals surface area contributed by atoms with Crippen LogP contribution in [0.3, 0.4) is 0 Å². The summed E-state index contributed by atoms with van der Waals surface area (Å²) < 4.78 is 10.7. The third kappa shape index (κ3) is 6.52. The van der Waals surface area contributed by atoms with Crippen molar-refractivity contribution in [3.05, 3.63) is 48.5 Å². The lowest BCUT2D eigenvalue weighted by Crippen LogP contribution is -2.39. The maximum atomic E-state index is 12.3. The van der Waals surface area contributed by atoms with Gasteiger partial charge in [-0.1, -0.05) is 38.1 Å². The number of nitrogens with one attached hydrogen (secondary N) is 3. The first-order valence-electron chi connectivity index (χ1n) is 11.4. The van der Waals surface area contributed by atoms with E-state index in [4.69, 9.17) is 9.26 Å². The molecule has 4 rings (SSSR count). The van der Waals surface area contributed by atoms with Crippen LogP contribution in [-0.4, -0.2) is 65.4 Å². The van der Waals surface area contributed by atoms with Crippen LogP contribution < -0.4 is 16.0 Å². The molecule has 0 unspecified atom stereocenters. The molecule has 1 aliphatic rings. The molecule has 3 aromatic rings. The molecule has 1 fully saturated rings. The highest BCUT2D eigenvalue weighted by Gasteiger charge is 2.20. The fourth-order valence-corrected chi connectivity index (χ4v) is 3.43. The largest absolute Gasteiger partial charge is 0.379 e. The van der Waals surface area contributed by atoms with Gasteiger partial charge in [0.05, 0.1) is 13.2 Å². The Morgan fingerprint density at radius 1 is 1.03 bits per heavy atom. The molecule has 10 heteroatoms. The monoisotopic (exact) mass is 465 g/mol. The van der Waals surface area contributed by atoms with E-state index in [9.17, 15) is 4.79 Å². The smallest absolute Gasteiger partial charge is 0.324 e. The van der Waals surface area contributed by atoms with Gasteiger partial charge in [0.25, 0.3) is 0 Å². The Hall–Kier alpha value is -3.50. The molecule has 3 heterocycles. The molecule has 1 saturated heterocycles. The van der Waals surface area contributed by atoms with Crippen LogP contribution in [0.15, 0.2) is 47.2 Å². The summed E-state index contributed by atoms with van der Waals surface area (Å²) in [6.45, 7) is 11.3. The zero-order valence-corrected chi connectivity index (χ0v) is 19.8. The van der Waals surface area contributed by atoms with Gasteiger partial charge in [-0.25, -0.2) is 14.8 Å². The van der Waals surface area contributed by atoms with E-state index in [-0.39, 0.29) is 5.41 Å². The number of nitrogens with zero attached hydrogens (tertiary/aromatic N) is 4. The molecule has 2 aromatic heterocycles. The molecular weight excluding hydrogens is 434 g/mol. The Kier molecular flexibility index (Phi) is 7.39. The molecule has 1 aromatic carbocycles. The number of benzene rings is 1. The summed E-state index contributed by atoms with van der Waals surface area (Å²) in [4.78, 5) is 23.5. The first-order chi connectivity index (χ1) is 16.4. The second-order valence-corrected chi connectivity index (χ2v) is 9.16. The molecule has 0 bridgehead atoms. The first-order valence-corrected chi connectivity index (χ1v) is 11.4. The molecule has 180 valence electrons. The van der Waals surface area contributed by atoms with E-state index in [0.29, 0.717) is 23.2 Å². The third-order valence-electron chi connectivity index (χ3n) is 5.43. The van der Waals surface area contributed by atoms with Crippen molar-refractivity contribution in [1.82, 2.24) is 20.0 Å². The quantitative estimate of drug-likeness (QED) is 0.482. The van der Waals surface area contributed by atoms with Gasteiger partial charge >= 0.3 is 6.03 Å². The Morgan fingerprint density at radius 3 is 2.38 bits per heavy atom. The van der Waals surface area contributed by atoms with Crippen molar-refractivity contribution in [3.63, 3.8) is 0 Å². The van der Waals surface area contributed by atoms with Gasteiger partial charge in [0.1, 0.15) is 5.76 Å². The van der Waals surface area contributed by atoms with E-state index < -0.39 is 6.03 Å². The molecule has 3 N–H and O–H groups in total. The number of carbonyl (C=O) groups is 1. The number of aromatic nitrogens is 3. The SMILES string of the molecule is CC(C)(C)c1cc(NC(=O)Nc2ccc(-c3cnc(NCCN4CCOCC4)nc3)cc2)no1. The highest BCUT2D eigenvalue weighted by Crippen LogP contribution is 2.25. The van der Waals surface area contributed by atoms with E-state index in [2.05, 4.69) is 36.0 Å². The van der Waals surface area contributed by atoms with Gasteiger partial charge in [0.15, 0.2) is 5.82 Å². The van der Waals surface area contributed by atoms with E-state index >= 15 is 0 Å². The summed E-state index contributed by atoms with van der Waals surface area (Å²) in [6, 6.07) is 8.81. The van der Waals surface area contributed by atoms with Crippen molar-refractivity contribution in [3.8, 4) is 11.1 Å². The molecule has 0 aliphatic carbocycles. The Balaban J connectivity index is 1.26. The van der Waals surface area contributed by atoms with Crippen LogP contribution in [0.1, 0.15) is 26.5 Å². The fraction of sp³-hybridized carbons (Fsp3) is 0.417. The second-order valence-electron chi connectivity index (χ2n) is 9.16. The summed E-state index contributed by atoms with van der Waals surface area (Å²) in [6.07, 6.45) is 3.58. The standard InChI is InChI=1S/C24H31N7O3/c1-24(2,3)20-14-21(30-34-20)29-23(32)28-19-6-4-17(5-7-19)18-15-26-22(27-16-18)25-8-9-31-10-12-33-13-11-31/h4-7,14-16H,8-13H2,1-3H3,(H,25,26,27)(H2,28,29,30,32). The normalized spacial score (nSPS) is 14.6. The number of hydrogen-bond donors (Lipinski definition) is 3. The number of carbonyl (C=O) groups excluding carboxylic acids is 1. The molecule has 0 saturated carbocycles. The lowest BCUT2D eigenvalue weighted by Gasteiger charge is -2.26. The molecule has 0 spiro atoms. The molecule has 0 radical (unpaired) electrons. The maximum absolute atomic E-state index is 12.3. The summed E-state index contributed by atoms with van der Waals surface area (Å²) in [7, 11) is 0. The molecule has 2 amide bonds. The number of hydrogen-bond acceptors (Lipinski definition) is 8. The van der Waals surface area contributed by atoms with Gasteiger partial charge in [0, 0.05) is 61.3 Å². The summed E-state index contributed by atoms with van der Waals surface area (Å²) in [5, 5.41) is 12.6. The van der Waals surface area contributed by atoms with Crippen LogP contribution in [0, 0.1) is 0 Å². The van der Waals surface area contributed by atoms with Crippen molar-refractivity contribution in [2.75, 3.05) is 55.3 Å². The number of ether oxygens (including phenoxy) is 1. The Bertz CT molecular complexity index is 1070. The van der Waals surface area contributed by atoms with E-state index in [0.717, 1.165) is 50.5 Å².